The van der Waals surface area contributed by atoms with Crippen LogP contribution in [-0.2, 0) is 29.1 Å². The van der Waals surface area contributed by atoms with Crippen molar-refractivity contribution >= 4 is 31.0 Å². The molecule has 6 rings (SSSR count). The number of nitro groups is 2. The molecule has 2 atom stereocenters. The summed E-state index contributed by atoms with van der Waals surface area (Å²) in [6, 6.07) is 20.1. The predicted octanol–water partition coefficient (Wildman–Crippen LogP) is 5.03. The second kappa shape index (κ2) is 14.1. The van der Waals surface area contributed by atoms with Crippen molar-refractivity contribution in [3.05, 3.63) is 116 Å². The monoisotopic (exact) mass is 698 g/mol. The van der Waals surface area contributed by atoms with Gasteiger partial charge in [0, 0.05) is 18.2 Å². The smallest absolute Gasteiger partial charge is 0.273 e. The van der Waals surface area contributed by atoms with Crippen molar-refractivity contribution < 1.29 is 45.6 Å². The van der Waals surface area contributed by atoms with Gasteiger partial charge < -0.3 is 18.9 Å². The molecule has 0 saturated carbocycles. The minimum Gasteiger partial charge on any atom is -0.489 e. The lowest BCUT2D eigenvalue weighted by Crippen LogP contribution is -2.10. The minimum absolute atomic E-state index is 0.0389. The van der Waals surface area contributed by atoms with E-state index in [1.165, 1.54) is 30.3 Å². The number of aryl methyl sites for hydroxylation is 2. The molecule has 252 valence electrons. The Balaban J connectivity index is 0.000000188. The van der Waals surface area contributed by atoms with E-state index in [2.05, 4.69) is 0 Å². The lowest BCUT2D eigenvalue weighted by atomic mass is 10.2. The van der Waals surface area contributed by atoms with E-state index in [4.69, 9.17) is 18.9 Å². The molecule has 0 aliphatic carbocycles. The van der Waals surface area contributed by atoms with Crippen LogP contribution < -0.4 is 9.47 Å². The molecule has 2 unspecified atom stereocenters. The van der Waals surface area contributed by atoms with Gasteiger partial charge in [0.05, 0.1) is 38.9 Å². The molecule has 0 spiro atoms. The van der Waals surface area contributed by atoms with Crippen LogP contribution >= 0.6 is 0 Å². The van der Waals surface area contributed by atoms with Crippen LogP contribution in [0.3, 0.4) is 0 Å². The average molecular weight is 699 g/mol. The zero-order valence-corrected chi connectivity index (χ0v) is 27.3. The summed E-state index contributed by atoms with van der Waals surface area (Å²) in [7, 11) is -7.81. The van der Waals surface area contributed by atoms with Gasteiger partial charge in [0.1, 0.15) is 46.7 Å². The Morgan fingerprint density at radius 2 is 1.06 bits per heavy atom. The highest BCUT2D eigenvalue weighted by Gasteiger charge is 2.30. The molecule has 2 saturated heterocycles. The van der Waals surface area contributed by atoms with Gasteiger partial charge in [0.15, 0.2) is 0 Å². The molecular formula is C32H30N2O12S2. The first kappa shape index (κ1) is 34.4. The van der Waals surface area contributed by atoms with Crippen LogP contribution in [0, 0.1) is 34.1 Å². The third-order valence-corrected chi connectivity index (χ3v) is 11.2. The van der Waals surface area contributed by atoms with Crippen molar-refractivity contribution in [2.75, 3.05) is 26.4 Å². The molecule has 0 amide bonds. The van der Waals surface area contributed by atoms with E-state index < -0.39 is 29.5 Å². The number of ether oxygens (including phenoxy) is 4. The highest BCUT2D eigenvalue weighted by molar-refractivity contribution is 7.92. The SMILES string of the molecule is Cc1ccccc1S(=O)(=O)c1cc([N+](=O)[O-])ccc1OCC1CO1.Cc1ccccc1S(=O)(=O)c1ccc([N+](=O)[O-])cc1OCC1CO1. The molecule has 48 heavy (non-hydrogen) atoms. The van der Waals surface area contributed by atoms with Crippen LogP contribution in [0.5, 0.6) is 11.5 Å². The Hall–Kier alpha value is -4.90. The largest absolute Gasteiger partial charge is 0.489 e. The van der Waals surface area contributed by atoms with Crippen molar-refractivity contribution in [1.29, 1.82) is 0 Å². The molecule has 0 aromatic heterocycles. The maximum atomic E-state index is 13.0. The van der Waals surface area contributed by atoms with Crippen LogP contribution in [0.15, 0.2) is 105 Å². The molecule has 2 aliphatic heterocycles. The number of hydrogen-bond donors (Lipinski definition) is 0. The van der Waals surface area contributed by atoms with E-state index in [1.807, 2.05) is 0 Å². The van der Waals surface area contributed by atoms with Gasteiger partial charge in [0.25, 0.3) is 11.4 Å². The lowest BCUT2D eigenvalue weighted by Gasteiger charge is -2.13. The average Bonchev–Trinajstić information content (AvgIpc) is 3.99. The van der Waals surface area contributed by atoms with Crippen LogP contribution in [0.4, 0.5) is 11.4 Å². The fourth-order valence-corrected chi connectivity index (χ4v) is 7.80. The first-order valence-corrected chi connectivity index (χ1v) is 17.4. The van der Waals surface area contributed by atoms with E-state index in [9.17, 15) is 37.1 Å². The molecule has 4 aromatic carbocycles. The van der Waals surface area contributed by atoms with Crippen LogP contribution in [0.2, 0.25) is 0 Å². The Labute approximate surface area is 276 Å². The normalized spacial score (nSPS) is 16.6. The van der Waals surface area contributed by atoms with Gasteiger partial charge in [-0.1, -0.05) is 36.4 Å². The molecule has 0 radical (unpaired) electrons. The Morgan fingerprint density at radius 3 is 1.54 bits per heavy atom. The lowest BCUT2D eigenvalue weighted by molar-refractivity contribution is -0.385. The fourth-order valence-electron chi connectivity index (χ4n) is 4.53. The van der Waals surface area contributed by atoms with Gasteiger partial charge in [-0.05, 0) is 49.2 Å². The van der Waals surface area contributed by atoms with Crippen molar-refractivity contribution in [2.45, 2.75) is 45.6 Å². The minimum atomic E-state index is -3.95. The van der Waals surface area contributed by atoms with E-state index in [1.54, 1.807) is 50.2 Å². The molecule has 0 bridgehead atoms. The molecule has 0 N–H and O–H groups in total. The Kier molecular flexibility index (Phi) is 10.1. The molecule has 16 heteroatoms. The summed E-state index contributed by atoms with van der Waals surface area (Å²) < 4.78 is 72.9. The maximum Gasteiger partial charge on any atom is 0.273 e. The first-order chi connectivity index (χ1) is 22.8. The van der Waals surface area contributed by atoms with Gasteiger partial charge in [-0.15, -0.1) is 0 Å². The summed E-state index contributed by atoms with van der Waals surface area (Å²) in [4.78, 5) is 20.7. The topological polar surface area (TPSA) is 198 Å². The van der Waals surface area contributed by atoms with Crippen molar-refractivity contribution in [3.63, 3.8) is 0 Å². The third-order valence-electron chi connectivity index (χ3n) is 7.28. The summed E-state index contributed by atoms with van der Waals surface area (Å²) in [5.74, 6) is 0.0438. The molecule has 2 fully saturated rings. The fraction of sp³-hybridized carbons (Fsp3) is 0.250. The number of rotatable bonds is 12. The third kappa shape index (κ3) is 7.96. The van der Waals surface area contributed by atoms with Crippen molar-refractivity contribution in [1.82, 2.24) is 0 Å². The quantitative estimate of drug-likeness (QED) is 0.109. The maximum absolute atomic E-state index is 13.0. The summed E-state index contributed by atoms with van der Waals surface area (Å²) in [5, 5.41) is 22.0. The Morgan fingerprint density at radius 1 is 0.625 bits per heavy atom. The molecular weight excluding hydrogens is 668 g/mol. The Bertz CT molecular complexity index is 2080. The second-order valence-electron chi connectivity index (χ2n) is 10.8. The van der Waals surface area contributed by atoms with Gasteiger partial charge in [0.2, 0.25) is 19.7 Å². The molecule has 4 aromatic rings. The molecule has 2 aliphatic rings. The number of nitrogens with zero attached hydrogens (tertiary/aromatic N) is 2. The summed E-state index contributed by atoms with van der Waals surface area (Å²) in [6.45, 7) is 4.81. The molecule has 2 heterocycles. The number of benzene rings is 4. The highest BCUT2D eigenvalue weighted by atomic mass is 32.2. The second-order valence-corrected chi connectivity index (χ2v) is 14.6. The predicted molar refractivity (Wildman–Crippen MR) is 170 cm³/mol. The van der Waals surface area contributed by atoms with E-state index in [0.29, 0.717) is 24.3 Å². The van der Waals surface area contributed by atoms with Gasteiger partial charge >= 0.3 is 0 Å². The zero-order chi connectivity index (χ0) is 34.6. The van der Waals surface area contributed by atoms with E-state index in [0.717, 1.165) is 18.2 Å². The number of hydrogen-bond acceptors (Lipinski definition) is 12. The van der Waals surface area contributed by atoms with Gasteiger partial charge in [-0.3, -0.25) is 20.2 Å². The summed E-state index contributed by atoms with van der Waals surface area (Å²) in [6.07, 6.45) is -0.160. The standard InChI is InChI=1S/2C16H15NO6S/c1-11-4-2-3-5-15(11)24(20,21)16-7-6-12(17(18)19)8-14(16)23-10-13-9-22-13;1-11-4-2-3-5-15(11)24(20,21)16-8-12(17(18)19)6-7-14(16)23-10-13-9-22-13/h2*2-8,13H,9-10H2,1H3. The first-order valence-electron chi connectivity index (χ1n) is 14.5. The molecule has 14 nitrogen and oxygen atoms in total. The summed E-state index contributed by atoms with van der Waals surface area (Å²) >= 11 is 0. The number of sulfone groups is 2. The number of nitro benzene ring substituents is 2. The van der Waals surface area contributed by atoms with Crippen LogP contribution in [0.1, 0.15) is 11.1 Å². The van der Waals surface area contributed by atoms with Crippen molar-refractivity contribution in [3.8, 4) is 11.5 Å². The number of epoxide rings is 2. The van der Waals surface area contributed by atoms with Gasteiger partial charge in [-0.2, -0.15) is 0 Å². The summed E-state index contributed by atoms with van der Waals surface area (Å²) in [5.41, 5.74) is 0.607. The number of non-ortho nitro benzene ring substituents is 2. The zero-order valence-electron chi connectivity index (χ0n) is 25.7. The van der Waals surface area contributed by atoms with Crippen LogP contribution in [0.25, 0.3) is 0 Å². The van der Waals surface area contributed by atoms with Crippen LogP contribution in [-0.4, -0.2) is 65.3 Å². The van der Waals surface area contributed by atoms with Crippen molar-refractivity contribution in [2.24, 2.45) is 0 Å². The van der Waals surface area contributed by atoms with E-state index in [-0.39, 0.29) is 67.9 Å². The highest BCUT2D eigenvalue weighted by Crippen LogP contribution is 2.36. The van der Waals surface area contributed by atoms with E-state index >= 15 is 0 Å². The van der Waals surface area contributed by atoms with Gasteiger partial charge in [-0.25, -0.2) is 16.8 Å².